The molecule has 1 saturated carbocycles. The number of hydrogen-bond acceptors (Lipinski definition) is 0. The van der Waals surface area contributed by atoms with Crippen molar-refractivity contribution in [3.63, 3.8) is 0 Å². The summed E-state index contributed by atoms with van der Waals surface area (Å²) in [5.41, 5.74) is 0. The minimum absolute atomic E-state index is 0.763. The van der Waals surface area contributed by atoms with Crippen LogP contribution in [-0.4, -0.2) is 0 Å². The SMILES string of the molecule is CC=CCC1C(C)C(C)C2C(C)C=CC(C)C2C1C. The van der Waals surface area contributed by atoms with Gasteiger partial charge in [0.15, 0.2) is 0 Å². The Hall–Kier alpha value is -0.520. The average Bonchev–Trinajstić information content (AvgIpc) is 2.38. The number of fused-ring (bicyclic) bond motifs is 1. The van der Waals surface area contributed by atoms with E-state index in [0.717, 1.165) is 47.3 Å². The summed E-state index contributed by atoms with van der Waals surface area (Å²) in [4.78, 5) is 0. The van der Waals surface area contributed by atoms with Crippen LogP contribution in [-0.2, 0) is 0 Å². The first kappa shape index (κ1) is 14.9. The maximum atomic E-state index is 2.52. The largest absolute Gasteiger partial charge is 0.0917 e. The lowest BCUT2D eigenvalue weighted by Crippen LogP contribution is -2.48. The molecule has 2 aliphatic rings. The van der Waals surface area contributed by atoms with Gasteiger partial charge in [-0.05, 0) is 60.7 Å². The Balaban J connectivity index is 2.28. The Morgan fingerprint density at radius 2 is 1.32 bits per heavy atom. The van der Waals surface area contributed by atoms with E-state index in [1.54, 1.807) is 0 Å². The summed E-state index contributed by atoms with van der Waals surface area (Å²) in [6.07, 6.45) is 10.9. The van der Waals surface area contributed by atoms with E-state index < -0.39 is 0 Å². The van der Waals surface area contributed by atoms with Crippen LogP contribution in [0, 0.1) is 47.3 Å². The van der Waals surface area contributed by atoms with Crippen LogP contribution in [0.1, 0.15) is 48.0 Å². The summed E-state index contributed by atoms with van der Waals surface area (Å²) in [5, 5.41) is 0. The van der Waals surface area contributed by atoms with Gasteiger partial charge in [-0.2, -0.15) is 0 Å². The summed E-state index contributed by atoms with van der Waals surface area (Å²) in [7, 11) is 0. The second kappa shape index (κ2) is 5.85. The van der Waals surface area contributed by atoms with Crippen LogP contribution in [0.25, 0.3) is 0 Å². The molecule has 0 aromatic rings. The van der Waals surface area contributed by atoms with Gasteiger partial charge < -0.3 is 0 Å². The average molecular weight is 260 g/mol. The van der Waals surface area contributed by atoms with Gasteiger partial charge in [0.1, 0.15) is 0 Å². The zero-order chi connectivity index (χ0) is 14.2. The molecule has 0 heterocycles. The molecule has 8 unspecified atom stereocenters. The van der Waals surface area contributed by atoms with Crippen molar-refractivity contribution in [1.29, 1.82) is 0 Å². The molecule has 0 bridgehead atoms. The lowest BCUT2D eigenvalue weighted by Gasteiger charge is -2.54. The van der Waals surface area contributed by atoms with Gasteiger partial charge in [-0.25, -0.2) is 0 Å². The van der Waals surface area contributed by atoms with E-state index in [0.29, 0.717) is 0 Å². The van der Waals surface area contributed by atoms with Crippen molar-refractivity contribution >= 4 is 0 Å². The van der Waals surface area contributed by atoms with Crippen molar-refractivity contribution < 1.29 is 0 Å². The fourth-order valence-corrected chi connectivity index (χ4v) is 5.19. The summed E-state index contributed by atoms with van der Waals surface area (Å²) >= 11 is 0. The van der Waals surface area contributed by atoms with Crippen LogP contribution < -0.4 is 0 Å². The predicted octanol–water partition coefficient (Wildman–Crippen LogP) is 5.57. The standard InChI is InChI=1S/C19H32/c1-7-8-9-17-14(4)15(5)18-12(2)10-11-13(3)19(18)16(17)6/h7-8,10-19H,9H2,1-6H3. The molecule has 0 aliphatic heterocycles. The van der Waals surface area contributed by atoms with Crippen LogP contribution in [0.5, 0.6) is 0 Å². The highest BCUT2D eigenvalue weighted by molar-refractivity contribution is 5.09. The first-order chi connectivity index (χ1) is 8.99. The molecule has 2 aliphatic carbocycles. The third kappa shape index (κ3) is 2.56. The van der Waals surface area contributed by atoms with Crippen molar-refractivity contribution in [2.75, 3.05) is 0 Å². The normalized spacial score (nSPS) is 50.4. The van der Waals surface area contributed by atoms with E-state index in [9.17, 15) is 0 Å². The summed E-state index contributed by atoms with van der Waals surface area (Å²) in [6.45, 7) is 14.6. The van der Waals surface area contributed by atoms with E-state index in [-0.39, 0.29) is 0 Å². The third-order valence-corrected chi connectivity index (χ3v) is 6.42. The lowest BCUT2D eigenvalue weighted by atomic mass is 9.51. The second-order valence-corrected chi connectivity index (χ2v) is 7.30. The van der Waals surface area contributed by atoms with Crippen LogP contribution in [0.3, 0.4) is 0 Å². The van der Waals surface area contributed by atoms with E-state index in [4.69, 9.17) is 0 Å². The molecule has 0 aromatic heterocycles. The third-order valence-electron chi connectivity index (χ3n) is 6.42. The fourth-order valence-electron chi connectivity index (χ4n) is 5.19. The Kier molecular flexibility index (Phi) is 4.58. The summed E-state index contributed by atoms with van der Waals surface area (Å²) in [5.74, 6) is 6.76. The Bertz CT molecular complexity index is 351. The van der Waals surface area contributed by atoms with Crippen LogP contribution in [0.2, 0.25) is 0 Å². The van der Waals surface area contributed by atoms with E-state index in [1.165, 1.54) is 6.42 Å². The molecule has 1 fully saturated rings. The fraction of sp³-hybridized carbons (Fsp3) is 0.789. The zero-order valence-corrected chi connectivity index (χ0v) is 13.6. The molecule has 0 amide bonds. The van der Waals surface area contributed by atoms with Crippen molar-refractivity contribution in [3.8, 4) is 0 Å². The number of rotatable bonds is 2. The molecule has 0 spiro atoms. The predicted molar refractivity (Wildman–Crippen MR) is 84.9 cm³/mol. The van der Waals surface area contributed by atoms with Gasteiger partial charge in [-0.3, -0.25) is 0 Å². The lowest BCUT2D eigenvalue weighted by molar-refractivity contribution is -0.0353. The van der Waals surface area contributed by atoms with Gasteiger partial charge in [-0.15, -0.1) is 0 Å². The van der Waals surface area contributed by atoms with E-state index >= 15 is 0 Å². The molecule has 0 N–H and O–H groups in total. The van der Waals surface area contributed by atoms with Crippen LogP contribution >= 0.6 is 0 Å². The number of hydrogen-bond donors (Lipinski definition) is 0. The maximum absolute atomic E-state index is 2.52. The smallest absolute Gasteiger partial charge is 0.0228 e. The van der Waals surface area contributed by atoms with Gasteiger partial charge in [-0.1, -0.05) is 58.9 Å². The van der Waals surface area contributed by atoms with Crippen molar-refractivity contribution in [2.45, 2.75) is 48.0 Å². The van der Waals surface area contributed by atoms with E-state index in [2.05, 4.69) is 65.8 Å². The molecule has 0 nitrogen and oxygen atoms in total. The highest BCUT2D eigenvalue weighted by Gasteiger charge is 2.48. The first-order valence-electron chi connectivity index (χ1n) is 8.28. The molecule has 0 aromatic carbocycles. The van der Waals surface area contributed by atoms with Crippen LogP contribution in [0.4, 0.5) is 0 Å². The van der Waals surface area contributed by atoms with Gasteiger partial charge in [0.25, 0.3) is 0 Å². The number of allylic oxidation sites excluding steroid dienone is 4. The topological polar surface area (TPSA) is 0 Å². The van der Waals surface area contributed by atoms with Gasteiger partial charge in [0.2, 0.25) is 0 Å². The molecule has 8 atom stereocenters. The van der Waals surface area contributed by atoms with Crippen LogP contribution in [0.15, 0.2) is 24.3 Å². The molecule has 2 rings (SSSR count). The minimum Gasteiger partial charge on any atom is -0.0917 e. The summed E-state index contributed by atoms with van der Waals surface area (Å²) < 4.78 is 0. The van der Waals surface area contributed by atoms with Crippen molar-refractivity contribution in [2.24, 2.45) is 47.3 Å². The molecule has 19 heavy (non-hydrogen) atoms. The second-order valence-electron chi connectivity index (χ2n) is 7.30. The zero-order valence-electron chi connectivity index (χ0n) is 13.6. The van der Waals surface area contributed by atoms with Crippen molar-refractivity contribution in [3.05, 3.63) is 24.3 Å². The molecule has 0 radical (unpaired) electrons. The molecule has 0 heteroatoms. The Morgan fingerprint density at radius 1 is 0.789 bits per heavy atom. The highest BCUT2D eigenvalue weighted by atomic mass is 14.5. The van der Waals surface area contributed by atoms with Gasteiger partial charge in [0.05, 0.1) is 0 Å². The van der Waals surface area contributed by atoms with Gasteiger partial charge in [0, 0.05) is 0 Å². The molecule has 0 saturated heterocycles. The quantitative estimate of drug-likeness (QED) is 0.570. The molecular formula is C19H32. The maximum Gasteiger partial charge on any atom is -0.0228 e. The minimum atomic E-state index is 0.763. The van der Waals surface area contributed by atoms with Crippen molar-refractivity contribution in [1.82, 2.24) is 0 Å². The van der Waals surface area contributed by atoms with Gasteiger partial charge >= 0.3 is 0 Å². The Labute approximate surface area is 120 Å². The summed E-state index contributed by atoms with van der Waals surface area (Å²) in [6, 6.07) is 0. The highest BCUT2D eigenvalue weighted by Crippen LogP contribution is 2.54. The molecular weight excluding hydrogens is 228 g/mol. The Morgan fingerprint density at radius 3 is 1.84 bits per heavy atom. The van der Waals surface area contributed by atoms with E-state index in [1.807, 2.05) is 0 Å². The first-order valence-corrected chi connectivity index (χ1v) is 8.28. The monoisotopic (exact) mass is 260 g/mol. The molecule has 108 valence electrons.